The second kappa shape index (κ2) is 16.3. The van der Waals surface area contributed by atoms with E-state index < -0.39 is 0 Å². The Kier molecular flexibility index (Phi) is 20.7. The van der Waals surface area contributed by atoms with Crippen LogP contribution in [-0.2, 0) is 4.79 Å². The Labute approximate surface area is 99.1 Å². The van der Waals surface area contributed by atoms with E-state index in [1.54, 1.807) is 6.92 Å². The Hall–Kier alpha value is -1.12. The number of carbonyl (C=O) groups excluding carboxylic acids is 1. The van der Waals surface area contributed by atoms with Gasteiger partial charge < -0.3 is 15.3 Å². The van der Waals surface area contributed by atoms with Gasteiger partial charge in [-0.1, -0.05) is 13.8 Å². The van der Waals surface area contributed by atoms with Crippen molar-refractivity contribution in [3.63, 3.8) is 0 Å². The minimum atomic E-state index is -0.368. The average molecular weight is 231 g/mol. The molecule has 2 N–H and O–H groups in total. The van der Waals surface area contributed by atoms with Gasteiger partial charge in [-0.05, 0) is 21.0 Å². The van der Waals surface area contributed by atoms with E-state index in [0.717, 1.165) is 6.54 Å². The van der Waals surface area contributed by atoms with Crippen molar-refractivity contribution < 1.29 is 9.90 Å². The molecule has 0 heterocycles. The molecule has 0 fully saturated rings. The van der Waals surface area contributed by atoms with E-state index in [4.69, 9.17) is 10.4 Å². The second-order valence-electron chi connectivity index (χ2n) is 3.08. The molecule has 5 heteroatoms. The molecule has 5 nitrogen and oxygen atoms in total. The van der Waals surface area contributed by atoms with Crippen LogP contribution in [0.1, 0.15) is 27.7 Å². The van der Waals surface area contributed by atoms with Gasteiger partial charge in [0.15, 0.2) is 0 Å². The van der Waals surface area contributed by atoms with Crippen molar-refractivity contribution in [2.24, 2.45) is 0 Å². The van der Waals surface area contributed by atoms with Gasteiger partial charge in [0.2, 0.25) is 5.91 Å². The van der Waals surface area contributed by atoms with E-state index in [2.05, 4.69) is 5.32 Å². The van der Waals surface area contributed by atoms with Crippen LogP contribution >= 0.6 is 0 Å². The van der Waals surface area contributed by atoms with Crippen molar-refractivity contribution in [1.29, 1.82) is 5.26 Å². The van der Waals surface area contributed by atoms with Gasteiger partial charge in [-0.2, -0.15) is 5.26 Å². The molecule has 0 spiro atoms. The summed E-state index contributed by atoms with van der Waals surface area (Å²) < 4.78 is 0. The molecule has 0 saturated heterocycles. The zero-order valence-electron chi connectivity index (χ0n) is 11.2. The molecule has 0 aliphatic heterocycles. The molecular formula is C11H25N3O2. The summed E-state index contributed by atoms with van der Waals surface area (Å²) in [6, 6.07) is 1.50. The number of aliphatic hydroxyl groups excluding tert-OH is 1. The predicted octanol–water partition coefficient (Wildman–Crippen LogP) is 0.601. The quantitative estimate of drug-likeness (QED) is 0.746. The van der Waals surface area contributed by atoms with E-state index in [0.29, 0.717) is 0 Å². The van der Waals surface area contributed by atoms with Gasteiger partial charge >= 0.3 is 0 Å². The van der Waals surface area contributed by atoms with Crippen molar-refractivity contribution >= 4 is 5.91 Å². The minimum Gasteiger partial charge on any atom is -0.395 e. The average Bonchev–Trinajstić information content (AvgIpc) is 2.20. The third-order valence-corrected chi connectivity index (χ3v) is 1.16. The van der Waals surface area contributed by atoms with Gasteiger partial charge in [-0.25, -0.2) is 0 Å². The first kappa shape index (κ1) is 20.3. The van der Waals surface area contributed by atoms with Crippen molar-refractivity contribution in [1.82, 2.24) is 10.2 Å². The molecule has 0 aliphatic rings. The largest absolute Gasteiger partial charge is 0.395 e. The van der Waals surface area contributed by atoms with Crippen LogP contribution in [0.2, 0.25) is 0 Å². The number of hydrogen-bond donors (Lipinski definition) is 2. The lowest BCUT2D eigenvalue weighted by atomic mass is 10.4. The van der Waals surface area contributed by atoms with E-state index in [1.165, 1.54) is 6.92 Å². The highest BCUT2D eigenvalue weighted by molar-refractivity contribution is 5.73. The summed E-state index contributed by atoms with van der Waals surface area (Å²) in [6.07, 6.45) is 0. The molecule has 1 unspecified atom stereocenters. The summed E-state index contributed by atoms with van der Waals surface area (Å²) in [7, 11) is 3.85. The number of aliphatic hydroxyl groups is 1. The second-order valence-corrected chi connectivity index (χ2v) is 3.08. The zero-order valence-corrected chi connectivity index (χ0v) is 11.2. The van der Waals surface area contributed by atoms with Crippen molar-refractivity contribution in [2.75, 3.05) is 27.2 Å². The van der Waals surface area contributed by atoms with Crippen LogP contribution in [-0.4, -0.2) is 49.2 Å². The van der Waals surface area contributed by atoms with E-state index >= 15 is 0 Å². The third kappa shape index (κ3) is 29.3. The van der Waals surface area contributed by atoms with Crippen LogP contribution in [0.3, 0.4) is 0 Å². The summed E-state index contributed by atoms with van der Waals surface area (Å²) in [4.78, 5) is 12.1. The number of likely N-dealkylation sites (N-methyl/N-ethyl adjacent to an activating group) is 1. The number of carbonyl (C=O) groups is 1. The summed E-state index contributed by atoms with van der Waals surface area (Å²) in [5, 5.41) is 18.7. The molecule has 96 valence electrons. The van der Waals surface area contributed by atoms with Gasteiger partial charge in [0.1, 0.15) is 6.04 Å². The van der Waals surface area contributed by atoms with Gasteiger partial charge in [-0.3, -0.25) is 4.79 Å². The molecule has 0 bridgehead atoms. The molecule has 0 aliphatic carbocycles. The van der Waals surface area contributed by atoms with Crippen LogP contribution in [0.5, 0.6) is 0 Å². The molecule has 0 aromatic heterocycles. The molecule has 1 atom stereocenters. The standard InChI is InChI=1S/C5H8N2O.C4H11NO.C2H6/c1-4(3-6)7-5(2)8;1-5(2)3-4-6;1-2/h4H,1-2H3,(H,7,8);6H,3-4H2,1-2H3;1-2H3. The number of amides is 1. The molecular weight excluding hydrogens is 206 g/mol. The van der Waals surface area contributed by atoms with Crippen molar-refractivity contribution in [2.45, 2.75) is 33.7 Å². The molecule has 0 saturated carbocycles. The van der Waals surface area contributed by atoms with E-state index in [-0.39, 0.29) is 18.6 Å². The highest BCUT2D eigenvalue weighted by Crippen LogP contribution is 1.73. The fraction of sp³-hybridized carbons (Fsp3) is 0.818. The number of hydrogen-bond acceptors (Lipinski definition) is 4. The Bertz CT molecular complexity index is 188. The minimum absolute atomic E-state index is 0.168. The van der Waals surface area contributed by atoms with E-state index in [1.807, 2.05) is 38.9 Å². The fourth-order valence-electron chi connectivity index (χ4n) is 0.537. The first-order valence-corrected chi connectivity index (χ1v) is 5.36. The van der Waals surface area contributed by atoms with Crippen molar-refractivity contribution in [3.05, 3.63) is 0 Å². The molecule has 0 aromatic rings. The highest BCUT2D eigenvalue weighted by atomic mass is 16.3. The molecule has 0 radical (unpaired) electrons. The summed E-state index contributed by atoms with van der Waals surface area (Å²) >= 11 is 0. The number of nitriles is 1. The zero-order chi connectivity index (χ0) is 13.6. The lowest BCUT2D eigenvalue weighted by molar-refractivity contribution is -0.119. The van der Waals surface area contributed by atoms with Gasteiger partial charge in [0, 0.05) is 13.5 Å². The number of rotatable bonds is 3. The monoisotopic (exact) mass is 231 g/mol. The number of nitrogens with one attached hydrogen (secondary N) is 1. The van der Waals surface area contributed by atoms with Gasteiger partial charge in [0.05, 0.1) is 12.7 Å². The smallest absolute Gasteiger partial charge is 0.217 e. The summed E-state index contributed by atoms with van der Waals surface area (Å²) in [6.45, 7) is 8.03. The normalized spacial score (nSPS) is 9.94. The fourth-order valence-corrected chi connectivity index (χ4v) is 0.537. The number of nitrogens with zero attached hydrogens (tertiary/aromatic N) is 2. The first-order valence-electron chi connectivity index (χ1n) is 5.36. The lowest BCUT2D eigenvalue weighted by Crippen LogP contribution is -2.28. The Morgan fingerprint density at radius 2 is 1.94 bits per heavy atom. The van der Waals surface area contributed by atoms with Crippen LogP contribution < -0.4 is 5.32 Å². The van der Waals surface area contributed by atoms with Gasteiger partial charge in [0.25, 0.3) is 0 Å². The Balaban J connectivity index is -0.000000188. The van der Waals surface area contributed by atoms with Crippen LogP contribution in [0.25, 0.3) is 0 Å². The SMILES string of the molecule is CC.CC(=O)NC(C)C#N.CN(C)CCO. The molecule has 0 aromatic carbocycles. The topological polar surface area (TPSA) is 76.4 Å². The Morgan fingerprint density at radius 1 is 1.50 bits per heavy atom. The van der Waals surface area contributed by atoms with Gasteiger partial charge in [-0.15, -0.1) is 0 Å². The maximum Gasteiger partial charge on any atom is 0.217 e. The predicted molar refractivity (Wildman–Crippen MR) is 65.9 cm³/mol. The third-order valence-electron chi connectivity index (χ3n) is 1.16. The molecule has 16 heavy (non-hydrogen) atoms. The van der Waals surface area contributed by atoms with E-state index in [9.17, 15) is 4.79 Å². The maximum atomic E-state index is 10.2. The maximum absolute atomic E-state index is 10.2. The van der Waals surface area contributed by atoms with Crippen LogP contribution in [0, 0.1) is 11.3 Å². The molecule has 1 amide bonds. The lowest BCUT2D eigenvalue weighted by Gasteiger charge is -2.03. The first-order chi connectivity index (χ1) is 7.43. The van der Waals surface area contributed by atoms with Crippen LogP contribution in [0.15, 0.2) is 0 Å². The van der Waals surface area contributed by atoms with Crippen LogP contribution in [0.4, 0.5) is 0 Å². The van der Waals surface area contributed by atoms with Crippen molar-refractivity contribution in [3.8, 4) is 6.07 Å². The summed E-state index contributed by atoms with van der Waals surface area (Å²) in [5.41, 5.74) is 0. The Morgan fingerprint density at radius 3 is 2.00 bits per heavy atom. The molecule has 0 rings (SSSR count). The summed E-state index contributed by atoms with van der Waals surface area (Å²) in [5.74, 6) is -0.168. The highest BCUT2D eigenvalue weighted by Gasteiger charge is 1.96.